The maximum atomic E-state index is 13.2. The average molecular weight is 420 g/mol. The minimum atomic E-state index is -0.390. The predicted molar refractivity (Wildman–Crippen MR) is 117 cm³/mol. The van der Waals surface area contributed by atoms with Crippen LogP contribution in [0, 0.1) is 0 Å². The number of para-hydroxylation sites is 1. The van der Waals surface area contributed by atoms with E-state index >= 15 is 0 Å². The van der Waals surface area contributed by atoms with E-state index in [-0.39, 0.29) is 29.7 Å². The molecule has 0 amide bonds. The highest BCUT2D eigenvalue weighted by molar-refractivity contribution is 5.77. The molecule has 2 heterocycles. The van der Waals surface area contributed by atoms with Gasteiger partial charge in [-0.15, -0.1) is 0 Å². The Hall–Kier alpha value is -3.68. The molecule has 8 heteroatoms. The van der Waals surface area contributed by atoms with Gasteiger partial charge in [-0.25, -0.2) is 4.79 Å². The van der Waals surface area contributed by atoms with Crippen LogP contribution in [-0.2, 0) is 6.54 Å². The van der Waals surface area contributed by atoms with Crippen LogP contribution < -0.4 is 16.0 Å². The Labute approximate surface area is 178 Å². The number of fused-ring (bicyclic) bond motifs is 1. The van der Waals surface area contributed by atoms with Crippen LogP contribution >= 0.6 is 0 Å². The minimum Gasteiger partial charge on any atom is -0.494 e. The number of hydrogen-bond donors (Lipinski definition) is 0. The van der Waals surface area contributed by atoms with Gasteiger partial charge in [0.15, 0.2) is 0 Å². The second-order valence-corrected chi connectivity index (χ2v) is 7.29. The van der Waals surface area contributed by atoms with Crippen LogP contribution in [0.1, 0.15) is 39.1 Å². The van der Waals surface area contributed by atoms with Crippen molar-refractivity contribution in [3.63, 3.8) is 0 Å². The summed E-state index contributed by atoms with van der Waals surface area (Å²) in [5, 5.41) is 4.53. The van der Waals surface area contributed by atoms with E-state index in [1.165, 1.54) is 9.13 Å². The monoisotopic (exact) mass is 420 g/mol. The van der Waals surface area contributed by atoms with Crippen LogP contribution in [0.3, 0.4) is 0 Å². The lowest BCUT2D eigenvalue weighted by atomic mass is 10.2. The second-order valence-electron chi connectivity index (χ2n) is 7.29. The molecular weight excluding hydrogens is 396 g/mol. The molecule has 0 bridgehead atoms. The van der Waals surface area contributed by atoms with Crippen molar-refractivity contribution in [2.45, 2.75) is 39.8 Å². The van der Waals surface area contributed by atoms with E-state index in [9.17, 15) is 9.59 Å². The number of aromatic nitrogens is 4. The molecule has 0 aliphatic carbocycles. The van der Waals surface area contributed by atoms with E-state index in [2.05, 4.69) is 10.1 Å². The van der Waals surface area contributed by atoms with Crippen molar-refractivity contribution in [3.8, 4) is 17.1 Å². The third kappa shape index (κ3) is 3.88. The molecule has 4 aromatic rings. The highest BCUT2D eigenvalue weighted by Crippen LogP contribution is 2.20. The molecule has 8 nitrogen and oxygen atoms in total. The van der Waals surface area contributed by atoms with Gasteiger partial charge in [0.2, 0.25) is 11.7 Å². The highest BCUT2D eigenvalue weighted by atomic mass is 16.5. The van der Waals surface area contributed by atoms with Crippen LogP contribution in [0.15, 0.2) is 62.6 Å². The number of rotatable bonds is 7. The molecule has 1 unspecified atom stereocenters. The first kappa shape index (κ1) is 20.6. The smallest absolute Gasteiger partial charge is 0.332 e. The Morgan fingerprint density at radius 1 is 1.06 bits per heavy atom. The van der Waals surface area contributed by atoms with Crippen molar-refractivity contribution < 1.29 is 9.26 Å². The van der Waals surface area contributed by atoms with Gasteiger partial charge in [-0.05, 0) is 56.7 Å². The van der Waals surface area contributed by atoms with Gasteiger partial charge < -0.3 is 9.26 Å². The quantitative estimate of drug-likeness (QED) is 0.453. The first-order valence-corrected chi connectivity index (χ1v) is 10.3. The standard InChI is InChI=1S/C23H24N4O4/c1-4-15(3)27-22(28)18-8-6-7-9-19(18)26(23(27)29)14-20-24-21(25-31-20)16-10-12-17(13-11-16)30-5-2/h6-13,15H,4-5,14H2,1-3H3. The summed E-state index contributed by atoms with van der Waals surface area (Å²) < 4.78 is 13.7. The van der Waals surface area contributed by atoms with Crippen molar-refractivity contribution in [2.75, 3.05) is 6.61 Å². The lowest BCUT2D eigenvalue weighted by Crippen LogP contribution is -2.41. The van der Waals surface area contributed by atoms with Gasteiger partial charge in [0, 0.05) is 11.6 Å². The summed E-state index contributed by atoms with van der Waals surface area (Å²) in [6, 6.07) is 14.2. The van der Waals surface area contributed by atoms with Crippen LogP contribution in [0.5, 0.6) is 5.75 Å². The number of nitrogens with zero attached hydrogens (tertiary/aromatic N) is 4. The normalized spacial score (nSPS) is 12.2. The number of benzene rings is 2. The molecular formula is C23H24N4O4. The molecule has 160 valence electrons. The van der Waals surface area contributed by atoms with Gasteiger partial charge in [0.1, 0.15) is 12.3 Å². The van der Waals surface area contributed by atoms with Gasteiger partial charge >= 0.3 is 5.69 Å². The molecule has 0 saturated carbocycles. The van der Waals surface area contributed by atoms with Gasteiger partial charge in [-0.1, -0.05) is 24.2 Å². The molecule has 0 aliphatic heterocycles. The summed E-state index contributed by atoms with van der Waals surface area (Å²) in [5.74, 6) is 1.47. The maximum Gasteiger partial charge on any atom is 0.332 e. The molecule has 0 saturated heterocycles. The molecule has 0 radical (unpaired) electrons. The summed E-state index contributed by atoms with van der Waals surface area (Å²) in [4.78, 5) is 30.6. The van der Waals surface area contributed by atoms with Crippen molar-refractivity contribution in [3.05, 3.63) is 75.3 Å². The number of ether oxygens (including phenoxy) is 1. The summed E-state index contributed by atoms with van der Waals surface area (Å²) in [5.41, 5.74) is 0.642. The zero-order chi connectivity index (χ0) is 22.0. The Morgan fingerprint density at radius 2 is 1.81 bits per heavy atom. The first-order chi connectivity index (χ1) is 15.0. The minimum absolute atomic E-state index is 0.0695. The first-order valence-electron chi connectivity index (χ1n) is 10.3. The van der Waals surface area contributed by atoms with Crippen LogP contribution in [0.2, 0.25) is 0 Å². The van der Waals surface area contributed by atoms with Crippen molar-refractivity contribution in [2.24, 2.45) is 0 Å². The van der Waals surface area contributed by atoms with E-state index in [0.29, 0.717) is 29.8 Å². The van der Waals surface area contributed by atoms with E-state index < -0.39 is 0 Å². The molecule has 0 spiro atoms. The third-order valence-corrected chi connectivity index (χ3v) is 5.30. The molecule has 0 aliphatic rings. The van der Waals surface area contributed by atoms with Crippen LogP contribution in [0.25, 0.3) is 22.3 Å². The molecule has 2 aromatic carbocycles. The van der Waals surface area contributed by atoms with Crippen LogP contribution in [-0.4, -0.2) is 25.9 Å². The van der Waals surface area contributed by atoms with Gasteiger partial charge in [0.25, 0.3) is 5.56 Å². The van der Waals surface area contributed by atoms with Gasteiger partial charge in [-0.3, -0.25) is 13.9 Å². The van der Waals surface area contributed by atoms with Gasteiger partial charge in [0.05, 0.1) is 17.5 Å². The third-order valence-electron chi connectivity index (χ3n) is 5.30. The zero-order valence-electron chi connectivity index (χ0n) is 17.7. The van der Waals surface area contributed by atoms with Gasteiger partial charge in [-0.2, -0.15) is 4.98 Å². The fraction of sp³-hybridized carbons (Fsp3) is 0.304. The summed E-state index contributed by atoms with van der Waals surface area (Å²) in [6.07, 6.45) is 0.663. The summed E-state index contributed by atoms with van der Waals surface area (Å²) >= 11 is 0. The van der Waals surface area contributed by atoms with Crippen LogP contribution in [0.4, 0.5) is 0 Å². The van der Waals surface area contributed by atoms with E-state index in [4.69, 9.17) is 9.26 Å². The molecule has 31 heavy (non-hydrogen) atoms. The van der Waals surface area contributed by atoms with Crippen molar-refractivity contribution >= 4 is 10.9 Å². The molecule has 0 fully saturated rings. The van der Waals surface area contributed by atoms with Crippen molar-refractivity contribution in [1.29, 1.82) is 0 Å². The Balaban J connectivity index is 1.74. The maximum absolute atomic E-state index is 13.2. The molecule has 0 N–H and O–H groups in total. The van der Waals surface area contributed by atoms with E-state index in [1.807, 2.05) is 45.0 Å². The molecule has 2 aromatic heterocycles. The predicted octanol–water partition coefficient (Wildman–Crippen LogP) is 3.63. The lowest BCUT2D eigenvalue weighted by molar-refractivity contribution is 0.340. The number of hydrogen-bond acceptors (Lipinski definition) is 6. The Morgan fingerprint density at radius 3 is 2.52 bits per heavy atom. The summed E-state index contributed by atoms with van der Waals surface area (Å²) in [6.45, 7) is 6.39. The van der Waals surface area contributed by atoms with Crippen molar-refractivity contribution in [1.82, 2.24) is 19.3 Å². The summed E-state index contributed by atoms with van der Waals surface area (Å²) in [7, 11) is 0. The topological polar surface area (TPSA) is 92.2 Å². The SMILES string of the molecule is CCOc1ccc(-c2noc(Cn3c(=O)n(C(C)CC)c(=O)c4ccccc43)n2)cc1. The lowest BCUT2D eigenvalue weighted by Gasteiger charge is -2.16. The zero-order valence-corrected chi connectivity index (χ0v) is 17.7. The second kappa shape index (κ2) is 8.59. The Bertz CT molecular complexity index is 1320. The fourth-order valence-corrected chi connectivity index (χ4v) is 3.50. The Kier molecular flexibility index (Phi) is 5.70. The van der Waals surface area contributed by atoms with E-state index in [0.717, 1.165) is 11.3 Å². The highest BCUT2D eigenvalue weighted by Gasteiger charge is 2.18. The largest absolute Gasteiger partial charge is 0.494 e. The molecule has 1 atom stereocenters. The average Bonchev–Trinajstić information content (AvgIpc) is 3.26. The fourth-order valence-electron chi connectivity index (χ4n) is 3.50. The van der Waals surface area contributed by atoms with E-state index in [1.54, 1.807) is 24.3 Å². The molecule has 4 rings (SSSR count).